The van der Waals surface area contributed by atoms with Gasteiger partial charge in [0.1, 0.15) is 0 Å². The number of carbonyl (C=O) groups is 1. The fraction of sp³-hybridized carbons (Fsp3) is 0.333. The Balaban J connectivity index is 0.000000861. The normalized spacial score (nSPS) is 9.95. The Hall–Kier alpha value is -1.08. The number of nitrogens with zero attached hydrogens (tertiary/aromatic N) is 2. The molecule has 0 fully saturated rings. The molecule has 0 bridgehead atoms. The molecule has 0 amide bonds. The van der Waals surface area contributed by atoms with E-state index in [1.54, 1.807) is 19.2 Å². The van der Waals surface area contributed by atoms with Crippen molar-refractivity contribution in [2.45, 2.75) is 20.8 Å². The monoisotopic (exact) mass is 348 g/mol. The molecule has 0 saturated heterocycles. The van der Waals surface area contributed by atoms with Crippen LogP contribution in [0.15, 0.2) is 22.9 Å². The minimum atomic E-state index is -0.481. The minimum Gasteiger partial charge on any atom is -0.462 e. The number of halogens is 2. The molecule has 2 heterocycles. The summed E-state index contributed by atoms with van der Waals surface area (Å²) >= 11 is 3.25. The zero-order valence-corrected chi connectivity index (χ0v) is 13.2. The molecule has 0 atom stereocenters. The summed E-state index contributed by atoms with van der Waals surface area (Å²) in [5, 5.41) is 0.558. The first-order valence-electron chi connectivity index (χ1n) is 5.80. The summed E-state index contributed by atoms with van der Waals surface area (Å²) in [7, 11) is 0. The summed E-state index contributed by atoms with van der Waals surface area (Å²) < 4.78 is 19.5. The van der Waals surface area contributed by atoms with E-state index in [9.17, 15) is 8.68 Å². The van der Waals surface area contributed by atoms with Gasteiger partial charge in [0, 0.05) is 22.3 Å². The minimum absolute atomic E-state index is 0.00844. The molecule has 2 aromatic heterocycles. The molecule has 7 heteroatoms. The number of rotatable bonds is 3. The van der Waals surface area contributed by atoms with E-state index in [1.807, 2.05) is 13.8 Å². The number of aromatic nitrogens is 2. The van der Waals surface area contributed by atoms with Gasteiger partial charge >= 0.3 is 5.97 Å². The fourth-order valence-electron chi connectivity index (χ4n) is 1.48. The van der Waals surface area contributed by atoms with Crippen molar-refractivity contribution in [3.8, 4) is 0 Å². The van der Waals surface area contributed by atoms with Crippen molar-refractivity contribution < 1.29 is 13.4 Å². The second-order valence-corrected chi connectivity index (χ2v) is 4.63. The first-order chi connectivity index (χ1) is 9.17. The van der Waals surface area contributed by atoms with Gasteiger partial charge in [0.15, 0.2) is 18.0 Å². The summed E-state index contributed by atoms with van der Waals surface area (Å²) in [6.07, 6.45) is 2.93. The molecule has 0 unspecified atom stereocenters. The average Bonchev–Trinajstić information content (AvgIpc) is 2.79. The number of fused-ring (bicyclic) bond motifs is 1. The lowest BCUT2D eigenvalue weighted by Crippen LogP contribution is -2.03. The summed E-state index contributed by atoms with van der Waals surface area (Å²) in [5.41, 5.74) is 0.699. The number of pyridine rings is 1. The standard InChI is InChI=1S/C10H8BrFN2O2S.C2H6/c1-2-16-10(15)8-5-14(17-12)9-7(8)3-6(11)4-13-9;1-2/h3-5H,2H2,1H3;1-2H3. The summed E-state index contributed by atoms with van der Waals surface area (Å²) in [6, 6.07) is 1.71. The largest absolute Gasteiger partial charge is 0.462 e. The maximum absolute atomic E-state index is 12.7. The van der Waals surface area contributed by atoms with E-state index in [0.29, 0.717) is 16.6 Å². The predicted octanol–water partition coefficient (Wildman–Crippen LogP) is 4.38. The number of hydrogen-bond acceptors (Lipinski definition) is 4. The van der Waals surface area contributed by atoms with Crippen LogP contribution in [0, 0.1) is 0 Å². The van der Waals surface area contributed by atoms with Crippen molar-refractivity contribution in [1.82, 2.24) is 8.96 Å². The summed E-state index contributed by atoms with van der Waals surface area (Å²) in [4.78, 5) is 15.8. The molecule has 0 saturated carbocycles. The molecule has 0 aromatic carbocycles. The van der Waals surface area contributed by atoms with Gasteiger partial charge in [-0.3, -0.25) is 0 Å². The van der Waals surface area contributed by atoms with E-state index >= 15 is 0 Å². The van der Waals surface area contributed by atoms with E-state index in [4.69, 9.17) is 4.74 Å². The SMILES string of the molecule is CC.CCOC(=O)c1cn(SF)c2ncc(Br)cc12. The highest BCUT2D eigenvalue weighted by molar-refractivity contribution is 9.10. The molecule has 4 nitrogen and oxygen atoms in total. The van der Waals surface area contributed by atoms with Crippen LogP contribution >= 0.6 is 28.3 Å². The third-order valence-corrected chi connectivity index (χ3v) is 3.01. The highest BCUT2D eigenvalue weighted by Crippen LogP contribution is 2.27. The predicted molar refractivity (Wildman–Crippen MR) is 78.8 cm³/mol. The molecule has 0 radical (unpaired) electrons. The van der Waals surface area contributed by atoms with E-state index < -0.39 is 5.97 Å². The number of ether oxygens (including phenoxy) is 1. The maximum Gasteiger partial charge on any atom is 0.340 e. The van der Waals surface area contributed by atoms with Crippen LogP contribution in [0.1, 0.15) is 31.1 Å². The fourth-order valence-corrected chi connectivity index (χ4v) is 2.17. The quantitative estimate of drug-likeness (QED) is 0.772. The Morgan fingerprint density at radius 2 is 2.26 bits per heavy atom. The lowest BCUT2D eigenvalue weighted by Gasteiger charge is -1.99. The van der Waals surface area contributed by atoms with Gasteiger partial charge in [-0.05, 0) is 28.9 Å². The molecule has 2 aromatic rings. The Bertz CT molecular complexity index is 574. The molecule has 104 valence electrons. The molecule has 0 aliphatic carbocycles. The first kappa shape index (κ1) is 16.0. The summed E-state index contributed by atoms with van der Waals surface area (Å²) in [5.74, 6) is -0.481. The lowest BCUT2D eigenvalue weighted by molar-refractivity contribution is 0.0528. The molecule has 0 spiro atoms. The van der Waals surface area contributed by atoms with Crippen LogP contribution in [0.4, 0.5) is 3.89 Å². The Kier molecular flexibility index (Phi) is 6.30. The number of carbonyl (C=O) groups excluding carboxylic acids is 1. The number of esters is 1. The van der Waals surface area contributed by atoms with E-state index in [1.165, 1.54) is 10.2 Å². The third kappa shape index (κ3) is 3.48. The van der Waals surface area contributed by atoms with Crippen LogP contribution < -0.4 is 0 Å². The van der Waals surface area contributed by atoms with Gasteiger partial charge in [-0.2, -0.15) is 0 Å². The number of hydrogen-bond donors (Lipinski definition) is 0. The van der Waals surface area contributed by atoms with Crippen molar-refractivity contribution in [3.63, 3.8) is 0 Å². The van der Waals surface area contributed by atoms with Gasteiger partial charge in [0.25, 0.3) is 0 Å². The smallest absolute Gasteiger partial charge is 0.340 e. The zero-order valence-electron chi connectivity index (χ0n) is 10.8. The molecule has 0 N–H and O–H groups in total. The van der Waals surface area contributed by atoms with Gasteiger partial charge in [0.05, 0.1) is 12.2 Å². The van der Waals surface area contributed by atoms with E-state index in [0.717, 1.165) is 4.47 Å². The van der Waals surface area contributed by atoms with Gasteiger partial charge in [-0.15, -0.1) is 3.89 Å². The topological polar surface area (TPSA) is 44.1 Å². The molecule has 2 rings (SSSR count). The van der Waals surface area contributed by atoms with Crippen molar-refractivity contribution >= 4 is 45.3 Å². The Labute approximate surface area is 123 Å². The van der Waals surface area contributed by atoms with Crippen molar-refractivity contribution in [1.29, 1.82) is 0 Å². The van der Waals surface area contributed by atoms with Crippen molar-refractivity contribution in [2.24, 2.45) is 0 Å². The second-order valence-electron chi connectivity index (χ2n) is 3.18. The average molecular weight is 349 g/mol. The van der Waals surface area contributed by atoms with E-state index in [2.05, 4.69) is 20.9 Å². The molecular formula is C12H14BrFN2O2S. The third-order valence-electron chi connectivity index (χ3n) is 2.15. The highest BCUT2D eigenvalue weighted by atomic mass is 79.9. The van der Waals surface area contributed by atoms with E-state index in [-0.39, 0.29) is 18.9 Å². The molecule has 19 heavy (non-hydrogen) atoms. The Morgan fingerprint density at radius 1 is 1.58 bits per heavy atom. The van der Waals surface area contributed by atoms with Crippen molar-refractivity contribution in [3.05, 3.63) is 28.5 Å². The lowest BCUT2D eigenvalue weighted by atomic mass is 10.2. The van der Waals surface area contributed by atoms with Gasteiger partial charge in [0.2, 0.25) is 0 Å². The molecular weight excluding hydrogens is 335 g/mol. The first-order valence-corrected chi connectivity index (χ1v) is 7.26. The van der Waals surface area contributed by atoms with Crippen LogP contribution in [-0.4, -0.2) is 21.5 Å². The summed E-state index contributed by atoms with van der Waals surface area (Å²) in [6.45, 7) is 5.99. The van der Waals surface area contributed by atoms with Gasteiger partial charge in [-0.1, -0.05) is 13.8 Å². The zero-order chi connectivity index (χ0) is 14.4. The van der Waals surface area contributed by atoms with Crippen LogP contribution in [-0.2, 0) is 4.74 Å². The van der Waals surface area contributed by atoms with Crippen molar-refractivity contribution in [2.75, 3.05) is 6.61 Å². The maximum atomic E-state index is 12.7. The molecule has 0 aliphatic rings. The molecule has 0 aliphatic heterocycles. The van der Waals surface area contributed by atoms with Gasteiger partial charge in [-0.25, -0.2) is 13.8 Å². The van der Waals surface area contributed by atoms with Crippen LogP contribution in [0.3, 0.4) is 0 Å². The van der Waals surface area contributed by atoms with Crippen LogP contribution in [0.25, 0.3) is 11.0 Å². The van der Waals surface area contributed by atoms with Crippen LogP contribution in [0.5, 0.6) is 0 Å². The van der Waals surface area contributed by atoms with Crippen LogP contribution in [0.2, 0.25) is 0 Å². The van der Waals surface area contributed by atoms with Gasteiger partial charge < -0.3 is 4.74 Å². The second kappa shape index (κ2) is 7.49. The highest BCUT2D eigenvalue weighted by Gasteiger charge is 2.17. The Morgan fingerprint density at radius 3 is 2.84 bits per heavy atom.